The number of aromatic nitrogens is 2. The molecule has 1 fully saturated rings. The third-order valence-electron chi connectivity index (χ3n) is 7.49. The summed E-state index contributed by atoms with van der Waals surface area (Å²) in [5.74, 6) is -0.0418. The molecular formula is C32H36N6OS. The third-order valence-corrected chi connectivity index (χ3v) is 7.84. The lowest BCUT2D eigenvalue weighted by Gasteiger charge is -2.28. The molecule has 8 heteroatoms. The molecule has 2 atom stereocenters. The summed E-state index contributed by atoms with van der Waals surface area (Å²) in [4.78, 5) is 21.9. The standard InChI is InChI=1S/C32H36N6OS/c1-21-9-8-10-24(19-21)34-29(39)16-18-37-31(30(35-32(37)40)28-11-6-7-17-33-28)27-20-22(2)38(23(27)3)26-14-12-25(13-15-26)36(4)5/h6-15,17,19-20,30-31H,16,18H2,1-5H3,(H,34,39)(H,35,40)/t30-,31+/m1/s1. The van der Waals surface area contributed by atoms with Gasteiger partial charge in [-0.25, -0.2) is 0 Å². The van der Waals surface area contributed by atoms with E-state index in [9.17, 15) is 4.79 Å². The van der Waals surface area contributed by atoms with Crippen LogP contribution in [0.1, 0.15) is 46.7 Å². The van der Waals surface area contributed by atoms with Gasteiger partial charge in [0.25, 0.3) is 0 Å². The normalized spacial score (nSPS) is 16.6. The van der Waals surface area contributed by atoms with Gasteiger partial charge in [-0.3, -0.25) is 9.78 Å². The van der Waals surface area contributed by atoms with Crippen molar-refractivity contribution in [3.05, 3.63) is 107 Å². The van der Waals surface area contributed by atoms with Crippen molar-refractivity contribution in [2.75, 3.05) is 30.9 Å². The zero-order chi connectivity index (χ0) is 28.4. The molecule has 5 rings (SSSR count). The molecule has 0 radical (unpaired) electrons. The molecule has 0 saturated carbocycles. The predicted molar refractivity (Wildman–Crippen MR) is 166 cm³/mol. The number of hydrogen-bond acceptors (Lipinski definition) is 4. The zero-order valence-electron chi connectivity index (χ0n) is 23.7. The first-order chi connectivity index (χ1) is 19.2. The maximum atomic E-state index is 12.9. The number of thiocarbonyl (C=S) groups is 1. The summed E-state index contributed by atoms with van der Waals surface area (Å²) in [5.41, 5.74) is 8.53. The van der Waals surface area contributed by atoms with Crippen LogP contribution in [0.2, 0.25) is 0 Å². The molecule has 2 N–H and O–H groups in total. The minimum absolute atomic E-state index is 0.0418. The molecule has 1 saturated heterocycles. The number of carbonyl (C=O) groups is 1. The number of aryl methyl sites for hydroxylation is 2. The summed E-state index contributed by atoms with van der Waals surface area (Å²) in [7, 11) is 4.09. The van der Waals surface area contributed by atoms with Gasteiger partial charge >= 0.3 is 0 Å². The van der Waals surface area contributed by atoms with Crippen LogP contribution in [0.5, 0.6) is 0 Å². The Morgan fingerprint density at radius 2 is 1.80 bits per heavy atom. The summed E-state index contributed by atoms with van der Waals surface area (Å²) < 4.78 is 2.29. The molecule has 0 bridgehead atoms. The van der Waals surface area contributed by atoms with Crippen molar-refractivity contribution in [3.8, 4) is 5.69 Å². The fourth-order valence-corrected chi connectivity index (χ4v) is 5.87. The van der Waals surface area contributed by atoms with Crippen LogP contribution >= 0.6 is 12.2 Å². The smallest absolute Gasteiger partial charge is 0.226 e. The average molecular weight is 553 g/mol. The van der Waals surface area contributed by atoms with Gasteiger partial charge in [0.1, 0.15) is 0 Å². The molecule has 1 amide bonds. The monoisotopic (exact) mass is 552 g/mol. The van der Waals surface area contributed by atoms with Gasteiger partial charge in [0.2, 0.25) is 5.91 Å². The lowest BCUT2D eigenvalue weighted by molar-refractivity contribution is -0.116. The van der Waals surface area contributed by atoms with Gasteiger partial charge < -0.3 is 25.0 Å². The van der Waals surface area contributed by atoms with Crippen LogP contribution in [0.15, 0.2) is 79.0 Å². The number of pyridine rings is 1. The molecule has 2 aromatic carbocycles. The van der Waals surface area contributed by atoms with E-state index in [0.29, 0.717) is 18.1 Å². The average Bonchev–Trinajstić information content (AvgIpc) is 3.42. The van der Waals surface area contributed by atoms with Crippen molar-refractivity contribution >= 4 is 34.6 Å². The van der Waals surface area contributed by atoms with Crippen LogP contribution in [0, 0.1) is 20.8 Å². The van der Waals surface area contributed by atoms with Gasteiger partial charge in [0.15, 0.2) is 5.11 Å². The highest BCUT2D eigenvalue weighted by Gasteiger charge is 2.41. The predicted octanol–water partition coefficient (Wildman–Crippen LogP) is 5.86. The fourth-order valence-electron chi connectivity index (χ4n) is 5.54. The van der Waals surface area contributed by atoms with Crippen molar-refractivity contribution < 1.29 is 4.79 Å². The Bertz CT molecular complexity index is 1510. The second-order valence-electron chi connectivity index (χ2n) is 10.6. The fraction of sp³-hybridized carbons (Fsp3) is 0.281. The van der Waals surface area contributed by atoms with Crippen LogP contribution in [0.3, 0.4) is 0 Å². The lowest BCUT2D eigenvalue weighted by Crippen LogP contribution is -2.32. The van der Waals surface area contributed by atoms with E-state index >= 15 is 0 Å². The highest BCUT2D eigenvalue weighted by molar-refractivity contribution is 7.80. The van der Waals surface area contributed by atoms with E-state index in [4.69, 9.17) is 12.2 Å². The lowest BCUT2D eigenvalue weighted by atomic mass is 9.96. The topological polar surface area (TPSA) is 65.4 Å². The van der Waals surface area contributed by atoms with E-state index in [2.05, 4.69) is 74.2 Å². The Morgan fingerprint density at radius 1 is 1.02 bits per heavy atom. The minimum atomic E-state index is -0.140. The van der Waals surface area contributed by atoms with Gasteiger partial charge in [-0.1, -0.05) is 18.2 Å². The van der Waals surface area contributed by atoms with E-state index in [1.807, 2.05) is 69.7 Å². The Balaban J connectivity index is 1.46. The number of carbonyl (C=O) groups excluding carboxylic acids is 1. The second kappa shape index (κ2) is 11.5. The number of nitrogens with one attached hydrogen (secondary N) is 2. The highest BCUT2D eigenvalue weighted by atomic mass is 32.1. The molecule has 7 nitrogen and oxygen atoms in total. The molecule has 0 aliphatic carbocycles. The van der Waals surface area contributed by atoms with Crippen LogP contribution in [0.4, 0.5) is 11.4 Å². The summed E-state index contributed by atoms with van der Waals surface area (Å²) in [6, 6.07) is 24.3. The Labute approximate surface area is 241 Å². The minimum Gasteiger partial charge on any atom is -0.378 e. The number of amides is 1. The summed E-state index contributed by atoms with van der Waals surface area (Å²) in [6.07, 6.45) is 2.12. The van der Waals surface area contributed by atoms with Crippen LogP contribution in [-0.2, 0) is 4.79 Å². The third kappa shape index (κ3) is 5.58. The Kier molecular flexibility index (Phi) is 7.89. The summed E-state index contributed by atoms with van der Waals surface area (Å²) >= 11 is 5.85. The van der Waals surface area contributed by atoms with Crippen molar-refractivity contribution in [1.82, 2.24) is 19.8 Å². The van der Waals surface area contributed by atoms with Gasteiger partial charge in [0, 0.05) is 61.7 Å². The highest BCUT2D eigenvalue weighted by Crippen LogP contribution is 2.41. The Hall–Kier alpha value is -4.17. The molecular weight excluding hydrogens is 516 g/mol. The van der Waals surface area contributed by atoms with E-state index in [0.717, 1.165) is 45.3 Å². The SMILES string of the molecule is Cc1cccc(NC(=O)CCN2C(=S)N[C@H](c3ccccn3)[C@@H]2c2cc(C)n(-c3ccc(N(C)C)cc3)c2C)c1. The van der Waals surface area contributed by atoms with Gasteiger partial charge in [-0.15, -0.1) is 0 Å². The van der Waals surface area contributed by atoms with Crippen molar-refractivity contribution in [3.63, 3.8) is 0 Å². The van der Waals surface area contributed by atoms with E-state index in [1.54, 1.807) is 0 Å². The number of nitrogens with zero attached hydrogens (tertiary/aromatic N) is 4. The summed E-state index contributed by atoms with van der Waals surface area (Å²) in [6.45, 7) is 6.78. The molecule has 1 aliphatic heterocycles. The first-order valence-corrected chi connectivity index (χ1v) is 13.9. The van der Waals surface area contributed by atoms with Crippen molar-refractivity contribution in [2.24, 2.45) is 0 Å². The Morgan fingerprint density at radius 3 is 2.48 bits per heavy atom. The zero-order valence-corrected chi connectivity index (χ0v) is 24.5. The summed E-state index contributed by atoms with van der Waals surface area (Å²) in [5, 5.41) is 7.17. The molecule has 2 aromatic heterocycles. The second-order valence-corrected chi connectivity index (χ2v) is 10.9. The van der Waals surface area contributed by atoms with Crippen LogP contribution in [-0.4, -0.2) is 46.1 Å². The maximum Gasteiger partial charge on any atom is 0.226 e. The number of rotatable bonds is 8. The van der Waals surface area contributed by atoms with Crippen LogP contribution in [0.25, 0.3) is 5.69 Å². The van der Waals surface area contributed by atoms with E-state index in [1.165, 1.54) is 0 Å². The van der Waals surface area contributed by atoms with Gasteiger partial charge in [-0.2, -0.15) is 0 Å². The largest absolute Gasteiger partial charge is 0.378 e. The first-order valence-electron chi connectivity index (χ1n) is 13.5. The van der Waals surface area contributed by atoms with E-state index < -0.39 is 0 Å². The molecule has 4 aromatic rings. The quantitative estimate of drug-likeness (QED) is 0.267. The first kappa shape index (κ1) is 27.4. The molecule has 0 unspecified atom stereocenters. The molecule has 0 spiro atoms. The number of benzene rings is 2. The van der Waals surface area contributed by atoms with E-state index in [-0.39, 0.29) is 18.0 Å². The van der Waals surface area contributed by atoms with Crippen molar-refractivity contribution in [1.29, 1.82) is 0 Å². The van der Waals surface area contributed by atoms with Gasteiger partial charge in [0.05, 0.1) is 17.8 Å². The molecule has 3 heterocycles. The number of anilines is 2. The van der Waals surface area contributed by atoms with Crippen molar-refractivity contribution in [2.45, 2.75) is 39.3 Å². The van der Waals surface area contributed by atoms with Crippen LogP contribution < -0.4 is 15.5 Å². The molecule has 206 valence electrons. The molecule has 40 heavy (non-hydrogen) atoms. The maximum absolute atomic E-state index is 12.9. The number of hydrogen-bond donors (Lipinski definition) is 2. The molecule has 1 aliphatic rings. The van der Waals surface area contributed by atoms with Gasteiger partial charge in [-0.05, 0) is 98.7 Å².